The smallest absolute Gasteiger partial charge is 0.323 e. The first-order chi connectivity index (χ1) is 18.7. The molecule has 3 aromatic carbocycles. The summed E-state index contributed by atoms with van der Waals surface area (Å²) in [5.41, 5.74) is 2.07. The molecule has 0 bridgehead atoms. The van der Waals surface area contributed by atoms with Gasteiger partial charge < -0.3 is 20.2 Å². The number of hydrogen-bond acceptors (Lipinski definition) is 5. The molecule has 0 spiro atoms. The molecule has 1 aliphatic heterocycles. The van der Waals surface area contributed by atoms with Crippen molar-refractivity contribution in [3.8, 4) is 0 Å². The molecule has 1 fully saturated rings. The SMILES string of the molecule is O=C(O)CN1C(=O)C(NP(=O)(O)CC(Cc2ccccc2)NC(=O)c2ccccc2)CSC1c1ccccc1. The lowest BCUT2D eigenvalue weighted by Gasteiger charge is -2.39. The van der Waals surface area contributed by atoms with Crippen LogP contribution in [0.1, 0.15) is 26.9 Å². The molecule has 3 aromatic rings. The lowest BCUT2D eigenvalue weighted by molar-refractivity contribution is -0.145. The summed E-state index contributed by atoms with van der Waals surface area (Å²) < 4.78 is 13.4. The maximum absolute atomic E-state index is 13.4. The molecule has 2 amide bonds. The summed E-state index contributed by atoms with van der Waals surface area (Å²) >= 11 is 1.33. The highest BCUT2D eigenvalue weighted by atomic mass is 32.2. The molecule has 1 saturated heterocycles. The van der Waals surface area contributed by atoms with E-state index < -0.39 is 43.4 Å². The van der Waals surface area contributed by atoms with Gasteiger partial charge in [-0.3, -0.25) is 18.9 Å². The topological polar surface area (TPSA) is 136 Å². The van der Waals surface area contributed by atoms with Crippen LogP contribution in [-0.2, 0) is 20.6 Å². The van der Waals surface area contributed by atoms with Crippen molar-refractivity contribution >= 4 is 37.1 Å². The summed E-state index contributed by atoms with van der Waals surface area (Å²) in [4.78, 5) is 49.9. The molecular weight excluding hydrogens is 537 g/mol. The van der Waals surface area contributed by atoms with Crippen LogP contribution in [0.25, 0.3) is 0 Å². The van der Waals surface area contributed by atoms with Gasteiger partial charge in [0.05, 0.1) is 6.16 Å². The molecule has 0 radical (unpaired) electrons. The number of amides is 2. The molecule has 4 atom stereocenters. The first-order valence-electron chi connectivity index (χ1n) is 12.4. The van der Waals surface area contributed by atoms with Gasteiger partial charge in [0.25, 0.3) is 13.4 Å². The molecule has 0 aromatic heterocycles. The van der Waals surface area contributed by atoms with E-state index in [1.54, 1.807) is 30.3 Å². The number of carbonyl (C=O) groups excluding carboxylic acids is 2. The average molecular weight is 568 g/mol. The van der Waals surface area contributed by atoms with Gasteiger partial charge in [0, 0.05) is 17.4 Å². The summed E-state index contributed by atoms with van der Waals surface area (Å²) in [6, 6.07) is 25.2. The van der Waals surface area contributed by atoms with Crippen LogP contribution in [0.15, 0.2) is 91.0 Å². The molecule has 9 nitrogen and oxygen atoms in total. The van der Waals surface area contributed by atoms with Gasteiger partial charge >= 0.3 is 5.97 Å². The number of rotatable bonds is 11. The lowest BCUT2D eigenvalue weighted by Crippen LogP contribution is -2.53. The highest BCUT2D eigenvalue weighted by molar-refractivity contribution is 7.99. The van der Waals surface area contributed by atoms with Gasteiger partial charge in [-0.25, -0.2) is 5.09 Å². The quantitative estimate of drug-likeness (QED) is 0.259. The molecule has 39 heavy (non-hydrogen) atoms. The maximum atomic E-state index is 13.4. The summed E-state index contributed by atoms with van der Waals surface area (Å²) in [5.74, 6) is -1.94. The first kappa shape index (κ1) is 28.6. The van der Waals surface area contributed by atoms with Crippen LogP contribution in [0.4, 0.5) is 0 Å². The number of benzene rings is 3. The van der Waals surface area contributed by atoms with Gasteiger partial charge in [-0.15, -0.1) is 11.8 Å². The zero-order valence-electron chi connectivity index (χ0n) is 21.1. The second-order valence-electron chi connectivity index (χ2n) is 9.25. The highest BCUT2D eigenvalue weighted by Gasteiger charge is 2.41. The van der Waals surface area contributed by atoms with E-state index in [-0.39, 0.29) is 17.8 Å². The number of hydrogen-bond donors (Lipinski definition) is 4. The molecular formula is C28H30N3O6PS. The van der Waals surface area contributed by atoms with Crippen LogP contribution >= 0.6 is 19.3 Å². The zero-order chi connectivity index (χ0) is 27.8. The van der Waals surface area contributed by atoms with Gasteiger partial charge in [-0.2, -0.15) is 0 Å². The van der Waals surface area contributed by atoms with Gasteiger partial charge in [0.15, 0.2) is 0 Å². The lowest BCUT2D eigenvalue weighted by atomic mass is 10.1. The number of nitrogens with one attached hydrogen (secondary N) is 2. The van der Waals surface area contributed by atoms with Crippen LogP contribution in [0.5, 0.6) is 0 Å². The fraction of sp³-hybridized carbons (Fsp3) is 0.250. The Labute approximate surface area is 231 Å². The Balaban J connectivity index is 1.49. The number of carbonyl (C=O) groups is 3. The van der Waals surface area contributed by atoms with E-state index in [0.29, 0.717) is 12.0 Å². The minimum absolute atomic E-state index is 0.179. The zero-order valence-corrected chi connectivity index (χ0v) is 22.8. The van der Waals surface area contributed by atoms with Crippen molar-refractivity contribution in [3.05, 3.63) is 108 Å². The Hall–Kier alpha value is -3.43. The Morgan fingerprint density at radius 3 is 2.18 bits per heavy atom. The van der Waals surface area contributed by atoms with Crippen LogP contribution in [0.3, 0.4) is 0 Å². The van der Waals surface area contributed by atoms with Crippen LogP contribution < -0.4 is 10.4 Å². The van der Waals surface area contributed by atoms with E-state index in [2.05, 4.69) is 10.4 Å². The van der Waals surface area contributed by atoms with E-state index >= 15 is 0 Å². The van der Waals surface area contributed by atoms with E-state index in [1.165, 1.54) is 16.7 Å². The monoisotopic (exact) mass is 567 g/mol. The van der Waals surface area contributed by atoms with Crippen LogP contribution in [-0.4, -0.2) is 63.2 Å². The largest absolute Gasteiger partial charge is 0.480 e. The number of nitrogens with zero attached hydrogens (tertiary/aromatic N) is 1. The van der Waals surface area contributed by atoms with Crippen molar-refractivity contribution in [2.75, 3.05) is 18.5 Å². The van der Waals surface area contributed by atoms with Crippen molar-refractivity contribution < 1.29 is 28.9 Å². The van der Waals surface area contributed by atoms with Crippen LogP contribution in [0, 0.1) is 0 Å². The third kappa shape index (κ3) is 8.03. The molecule has 204 valence electrons. The Kier molecular flexibility index (Phi) is 9.59. The fourth-order valence-corrected chi connectivity index (χ4v) is 7.51. The van der Waals surface area contributed by atoms with E-state index in [4.69, 9.17) is 0 Å². The third-order valence-electron chi connectivity index (χ3n) is 6.20. The Morgan fingerprint density at radius 1 is 0.974 bits per heavy atom. The molecule has 11 heteroatoms. The van der Waals surface area contributed by atoms with Crippen molar-refractivity contribution in [2.24, 2.45) is 0 Å². The Bertz CT molecular complexity index is 1330. The predicted molar refractivity (Wildman–Crippen MR) is 150 cm³/mol. The number of carboxylic acid groups (broad SMARTS) is 1. The first-order valence-corrected chi connectivity index (χ1v) is 15.3. The van der Waals surface area contributed by atoms with Crippen molar-refractivity contribution in [3.63, 3.8) is 0 Å². The van der Waals surface area contributed by atoms with Crippen molar-refractivity contribution in [1.82, 2.24) is 15.3 Å². The molecule has 4 unspecified atom stereocenters. The summed E-state index contributed by atoms with van der Waals surface area (Å²) in [6.45, 7) is -0.539. The standard InChI is InChI=1S/C28H30N3O6PS/c32-25(33)17-31-27(35)24(19-39-28(31)22-14-8-3-9-15-22)30-38(36,37)18-23(16-20-10-4-1-5-11-20)29-26(34)21-12-6-2-7-13-21/h1-15,23-24,28H,16-19H2,(H,29,34)(H,32,33)(H2,30,36,37). The van der Waals surface area contributed by atoms with Crippen LogP contribution in [0.2, 0.25) is 0 Å². The molecule has 4 rings (SSSR count). The van der Waals surface area contributed by atoms with E-state index in [0.717, 1.165) is 11.1 Å². The molecule has 0 aliphatic carbocycles. The van der Waals surface area contributed by atoms with Gasteiger partial charge in [-0.1, -0.05) is 78.9 Å². The fourth-order valence-electron chi connectivity index (χ4n) is 4.47. The average Bonchev–Trinajstić information content (AvgIpc) is 2.92. The van der Waals surface area contributed by atoms with E-state index in [1.807, 2.05) is 60.7 Å². The minimum atomic E-state index is -4.16. The van der Waals surface area contributed by atoms with Gasteiger partial charge in [-0.05, 0) is 29.7 Å². The summed E-state index contributed by atoms with van der Waals surface area (Å²) in [6.07, 6.45) is -0.0177. The van der Waals surface area contributed by atoms with Crippen molar-refractivity contribution in [1.29, 1.82) is 0 Å². The molecule has 4 N–H and O–H groups in total. The third-order valence-corrected chi connectivity index (χ3v) is 9.22. The van der Waals surface area contributed by atoms with Gasteiger partial charge in [0.2, 0.25) is 5.91 Å². The van der Waals surface area contributed by atoms with Crippen molar-refractivity contribution in [2.45, 2.75) is 23.9 Å². The van der Waals surface area contributed by atoms with Gasteiger partial charge in [0.1, 0.15) is 18.0 Å². The normalized spacial score (nSPS) is 19.6. The van der Waals surface area contributed by atoms with E-state index in [9.17, 15) is 28.9 Å². The number of carboxylic acids is 1. The maximum Gasteiger partial charge on any atom is 0.323 e. The molecule has 1 heterocycles. The number of thioether (sulfide) groups is 1. The second kappa shape index (κ2) is 13.1. The number of aliphatic carboxylic acids is 1. The summed E-state index contributed by atoms with van der Waals surface area (Å²) in [7, 11) is -4.16. The minimum Gasteiger partial charge on any atom is -0.480 e. The second-order valence-corrected chi connectivity index (χ2v) is 12.4. The summed E-state index contributed by atoms with van der Waals surface area (Å²) in [5, 5.41) is 14.4. The highest BCUT2D eigenvalue weighted by Crippen LogP contribution is 2.42. The molecule has 0 saturated carbocycles. The predicted octanol–water partition coefficient (Wildman–Crippen LogP) is 3.53. The molecule has 1 aliphatic rings. The Morgan fingerprint density at radius 2 is 1.56 bits per heavy atom.